The van der Waals surface area contributed by atoms with Crippen molar-refractivity contribution in [3.05, 3.63) is 65.2 Å². The minimum atomic E-state index is -0.286. The first-order chi connectivity index (χ1) is 9.97. The first-order valence-electron chi connectivity index (χ1n) is 6.51. The highest BCUT2D eigenvalue weighted by Gasteiger charge is 2.08. The Morgan fingerprint density at radius 2 is 1.33 bits per heavy atom. The quantitative estimate of drug-likeness (QED) is 0.874. The van der Waals surface area contributed by atoms with Gasteiger partial charge < -0.3 is 5.32 Å². The van der Waals surface area contributed by atoms with E-state index in [1.807, 2.05) is 0 Å². The summed E-state index contributed by atoms with van der Waals surface area (Å²) in [5.74, 6) is -0.390. The van der Waals surface area contributed by atoms with Crippen LogP contribution in [0.4, 0.5) is 5.69 Å². The fourth-order valence-corrected chi connectivity index (χ4v) is 1.88. The van der Waals surface area contributed by atoms with Crippen molar-refractivity contribution in [2.45, 2.75) is 13.8 Å². The van der Waals surface area contributed by atoms with Crippen LogP contribution >= 0.6 is 0 Å². The highest BCUT2D eigenvalue weighted by atomic mass is 16.1. The second-order valence-corrected chi connectivity index (χ2v) is 4.72. The maximum absolute atomic E-state index is 12.1. The zero-order valence-electron chi connectivity index (χ0n) is 11.8. The van der Waals surface area contributed by atoms with E-state index in [4.69, 9.17) is 0 Å². The molecule has 0 aromatic heterocycles. The highest BCUT2D eigenvalue weighted by molar-refractivity contribution is 6.05. The topological polar surface area (TPSA) is 63.2 Å². The summed E-state index contributed by atoms with van der Waals surface area (Å²) in [5, 5.41) is 2.73. The predicted molar refractivity (Wildman–Crippen MR) is 80.8 cm³/mol. The van der Waals surface area contributed by atoms with Gasteiger partial charge in [0.05, 0.1) is 0 Å². The minimum absolute atomic E-state index is 0.0453. The lowest BCUT2D eigenvalue weighted by Gasteiger charge is -2.07. The van der Waals surface area contributed by atoms with Crippen molar-refractivity contribution >= 4 is 23.2 Å². The molecule has 1 N–H and O–H groups in total. The van der Waals surface area contributed by atoms with Gasteiger partial charge in [-0.1, -0.05) is 24.3 Å². The predicted octanol–water partition coefficient (Wildman–Crippen LogP) is 3.34. The molecule has 0 aliphatic heterocycles. The second kappa shape index (κ2) is 6.13. The van der Waals surface area contributed by atoms with Crippen LogP contribution in [-0.4, -0.2) is 17.5 Å². The largest absolute Gasteiger partial charge is 0.322 e. The standard InChI is InChI=1S/C17H15NO3/c1-11(19)13-6-8-14(9-7-13)17(21)18-16-5-3-4-15(10-16)12(2)20/h3-10H,1-2H3,(H,18,21). The lowest BCUT2D eigenvalue weighted by atomic mass is 10.1. The molecule has 0 fully saturated rings. The molecule has 0 spiro atoms. The van der Waals surface area contributed by atoms with Crippen molar-refractivity contribution in [1.29, 1.82) is 0 Å². The van der Waals surface area contributed by atoms with E-state index in [1.165, 1.54) is 13.8 Å². The van der Waals surface area contributed by atoms with Crippen LogP contribution in [0, 0.1) is 0 Å². The normalized spacial score (nSPS) is 10.0. The molecular formula is C17H15NO3. The molecule has 0 heterocycles. The van der Waals surface area contributed by atoms with Gasteiger partial charge in [0, 0.05) is 22.4 Å². The van der Waals surface area contributed by atoms with E-state index in [-0.39, 0.29) is 17.5 Å². The zero-order valence-corrected chi connectivity index (χ0v) is 11.8. The van der Waals surface area contributed by atoms with Gasteiger partial charge in [-0.25, -0.2) is 0 Å². The van der Waals surface area contributed by atoms with Gasteiger partial charge in [-0.2, -0.15) is 0 Å². The molecule has 21 heavy (non-hydrogen) atoms. The Kier molecular flexibility index (Phi) is 4.28. The van der Waals surface area contributed by atoms with Gasteiger partial charge in [0.2, 0.25) is 0 Å². The number of rotatable bonds is 4. The van der Waals surface area contributed by atoms with E-state index in [0.29, 0.717) is 22.4 Å². The number of benzene rings is 2. The summed E-state index contributed by atoms with van der Waals surface area (Å²) in [5.41, 5.74) is 2.11. The number of carbonyl (C=O) groups excluding carboxylic acids is 3. The summed E-state index contributed by atoms with van der Waals surface area (Å²) in [7, 11) is 0. The fraction of sp³-hybridized carbons (Fsp3) is 0.118. The van der Waals surface area contributed by atoms with Crippen LogP contribution in [0.25, 0.3) is 0 Å². The Morgan fingerprint density at radius 3 is 1.90 bits per heavy atom. The number of hydrogen-bond acceptors (Lipinski definition) is 3. The van der Waals surface area contributed by atoms with Crippen LogP contribution in [0.5, 0.6) is 0 Å². The molecule has 0 unspecified atom stereocenters. The monoisotopic (exact) mass is 281 g/mol. The molecule has 106 valence electrons. The molecule has 0 radical (unpaired) electrons. The fourth-order valence-electron chi connectivity index (χ4n) is 1.88. The molecule has 0 aliphatic carbocycles. The molecule has 0 aliphatic rings. The third-order valence-corrected chi connectivity index (χ3v) is 3.08. The van der Waals surface area contributed by atoms with Crippen molar-refractivity contribution in [3.63, 3.8) is 0 Å². The molecule has 0 atom stereocenters. The molecule has 2 rings (SSSR count). The number of amides is 1. The molecule has 0 saturated heterocycles. The maximum Gasteiger partial charge on any atom is 0.255 e. The Balaban J connectivity index is 2.16. The van der Waals surface area contributed by atoms with E-state index in [1.54, 1.807) is 48.5 Å². The van der Waals surface area contributed by atoms with Gasteiger partial charge in [0.15, 0.2) is 11.6 Å². The van der Waals surface area contributed by atoms with Crippen LogP contribution < -0.4 is 5.32 Å². The first-order valence-corrected chi connectivity index (χ1v) is 6.51. The Labute approximate surface area is 122 Å². The molecule has 0 saturated carbocycles. The molecule has 4 nitrogen and oxygen atoms in total. The van der Waals surface area contributed by atoms with Crippen LogP contribution in [0.15, 0.2) is 48.5 Å². The van der Waals surface area contributed by atoms with Crippen molar-refractivity contribution in [3.8, 4) is 0 Å². The summed E-state index contributed by atoms with van der Waals surface area (Å²) in [6.07, 6.45) is 0. The second-order valence-electron chi connectivity index (χ2n) is 4.72. The van der Waals surface area contributed by atoms with Crippen molar-refractivity contribution in [2.24, 2.45) is 0 Å². The highest BCUT2D eigenvalue weighted by Crippen LogP contribution is 2.13. The van der Waals surface area contributed by atoms with Crippen LogP contribution in [0.2, 0.25) is 0 Å². The van der Waals surface area contributed by atoms with Gasteiger partial charge in [-0.05, 0) is 38.1 Å². The van der Waals surface area contributed by atoms with Crippen LogP contribution in [-0.2, 0) is 0 Å². The molecule has 4 heteroatoms. The van der Waals surface area contributed by atoms with Gasteiger partial charge in [-0.3, -0.25) is 14.4 Å². The van der Waals surface area contributed by atoms with E-state index < -0.39 is 0 Å². The van der Waals surface area contributed by atoms with Crippen LogP contribution in [0.3, 0.4) is 0 Å². The molecule has 1 amide bonds. The molecule has 2 aromatic carbocycles. The molecule has 0 bridgehead atoms. The van der Waals surface area contributed by atoms with E-state index >= 15 is 0 Å². The van der Waals surface area contributed by atoms with E-state index in [2.05, 4.69) is 5.32 Å². The number of nitrogens with one attached hydrogen (secondary N) is 1. The van der Waals surface area contributed by atoms with Gasteiger partial charge >= 0.3 is 0 Å². The summed E-state index contributed by atoms with van der Waals surface area (Å²) in [4.78, 5) is 34.6. The Morgan fingerprint density at radius 1 is 0.762 bits per heavy atom. The summed E-state index contributed by atoms with van der Waals surface area (Å²) >= 11 is 0. The summed E-state index contributed by atoms with van der Waals surface area (Å²) in [6.45, 7) is 2.95. The lowest BCUT2D eigenvalue weighted by Crippen LogP contribution is -2.12. The number of ketones is 2. The van der Waals surface area contributed by atoms with E-state index in [0.717, 1.165) is 0 Å². The SMILES string of the molecule is CC(=O)c1ccc(C(=O)Nc2cccc(C(C)=O)c2)cc1. The maximum atomic E-state index is 12.1. The average molecular weight is 281 g/mol. The zero-order chi connectivity index (χ0) is 15.4. The van der Waals surface area contributed by atoms with Crippen molar-refractivity contribution in [2.75, 3.05) is 5.32 Å². The molecular weight excluding hydrogens is 266 g/mol. The van der Waals surface area contributed by atoms with Crippen molar-refractivity contribution in [1.82, 2.24) is 0 Å². The average Bonchev–Trinajstić information content (AvgIpc) is 2.47. The Hall–Kier alpha value is -2.75. The first kappa shape index (κ1) is 14.7. The van der Waals surface area contributed by atoms with Gasteiger partial charge in [0.25, 0.3) is 5.91 Å². The third kappa shape index (κ3) is 3.63. The minimum Gasteiger partial charge on any atom is -0.322 e. The number of Topliss-reactive ketones (excluding diaryl/α,β-unsaturated/α-hetero) is 2. The smallest absolute Gasteiger partial charge is 0.255 e. The third-order valence-electron chi connectivity index (χ3n) is 3.08. The van der Waals surface area contributed by atoms with Gasteiger partial charge in [-0.15, -0.1) is 0 Å². The Bertz CT molecular complexity index is 702. The molecule has 2 aromatic rings. The summed E-state index contributed by atoms with van der Waals surface area (Å²) < 4.78 is 0. The van der Waals surface area contributed by atoms with Gasteiger partial charge in [0.1, 0.15) is 0 Å². The number of anilines is 1. The van der Waals surface area contributed by atoms with Crippen LogP contribution in [0.1, 0.15) is 44.9 Å². The number of hydrogen-bond donors (Lipinski definition) is 1. The van der Waals surface area contributed by atoms with Crippen molar-refractivity contribution < 1.29 is 14.4 Å². The number of carbonyl (C=O) groups is 3. The summed E-state index contributed by atoms with van der Waals surface area (Å²) in [6, 6.07) is 13.2. The van der Waals surface area contributed by atoms with E-state index in [9.17, 15) is 14.4 Å². The lowest BCUT2D eigenvalue weighted by molar-refractivity contribution is 0.100.